The Labute approximate surface area is 355 Å². The number of fused-ring (bicyclic) bond motifs is 10. The lowest BCUT2D eigenvalue weighted by Gasteiger charge is -2.13. The summed E-state index contributed by atoms with van der Waals surface area (Å²) < 4.78 is 9.31. The smallest absolute Gasteiger partial charge is 0.164 e. The van der Waals surface area contributed by atoms with Crippen LogP contribution < -0.4 is 0 Å². The molecule has 0 saturated carbocycles. The molecule has 13 rings (SSSR count). The van der Waals surface area contributed by atoms with Gasteiger partial charge in [-0.25, -0.2) is 15.0 Å². The van der Waals surface area contributed by atoms with E-state index in [-0.39, 0.29) is 0 Å². The maximum absolute atomic E-state index is 6.90. The number of aromatic nitrogens is 4. The van der Waals surface area contributed by atoms with Gasteiger partial charge in [-0.1, -0.05) is 164 Å². The molecule has 0 radical (unpaired) electrons. The van der Waals surface area contributed by atoms with E-state index in [4.69, 9.17) is 19.4 Å². The lowest BCUT2D eigenvalue weighted by Crippen LogP contribution is -2.00. The first kappa shape index (κ1) is 34.5. The average molecular weight is 791 g/mol. The summed E-state index contributed by atoms with van der Waals surface area (Å²) in [7, 11) is 0. The van der Waals surface area contributed by atoms with E-state index < -0.39 is 0 Å². The minimum Gasteiger partial charge on any atom is -0.456 e. The first-order valence-corrected chi connectivity index (χ1v) is 20.9. The van der Waals surface area contributed by atoms with Gasteiger partial charge in [0.2, 0.25) is 0 Å². The van der Waals surface area contributed by atoms with Crippen LogP contribution in [0.25, 0.3) is 127 Å². The third-order valence-corrected chi connectivity index (χ3v) is 12.4. The van der Waals surface area contributed by atoms with Crippen LogP contribution in [0.4, 0.5) is 0 Å². The summed E-state index contributed by atoms with van der Waals surface area (Å²) in [5.41, 5.74) is 9.98. The third-order valence-electron chi connectivity index (χ3n) is 12.4. The molecule has 3 heterocycles. The van der Waals surface area contributed by atoms with Crippen molar-refractivity contribution in [2.24, 2.45) is 0 Å². The maximum atomic E-state index is 6.90. The molecule has 62 heavy (non-hydrogen) atoms. The molecule has 0 aliphatic rings. The van der Waals surface area contributed by atoms with Gasteiger partial charge in [0.25, 0.3) is 0 Å². The second-order valence-electron chi connectivity index (χ2n) is 16.0. The lowest BCUT2D eigenvalue weighted by molar-refractivity contribution is 0.669. The molecule has 0 amide bonds. The lowest BCUT2D eigenvalue weighted by atomic mass is 10.0. The van der Waals surface area contributed by atoms with Crippen molar-refractivity contribution >= 4 is 76.1 Å². The highest BCUT2D eigenvalue weighted by molar-refractivity contribution is 6.22. The van der Waals surface area contributed by atoms with Crippen LogP contribution >= 0.6 is 0 Å². The normalized spacial score (nSPS) is 11.9. The molecule has 0 saturated heterocycles. The van der Waals surface area contributed by atoms with E-state index in [0.29, 0.717) is 17.5 Å². The highest BCUT2D eigenvalue weighted by Crippen LogP contribution is 2.42. The van der Waals surface area contributed by atoms with Crippen LogP contribution in [0.1, 0.15) is 0 Å². The fraction of sp³-hybridized carbons (Fsp3) is 0. The summed E-state index contributed by atoms with van der Waals surface area (Å²) in [4.78, 5) is 15.4. The molecule has 13 aromatic rings. The van der Waals surface area contributed by atoms with Crippen molar-refractivity contribution in [3.05, 3.63) is 206 Å². The van der Waals surface area contributed by atoms with Gasteiger partial charge in [0.1, 0.15) is 11.2 Å². The van der Waals surface area contributed by atoms with E-state index in [2.05, 4.69) is 205 Å². The quantitative estimate of drug-likeness (QED) is 0.174. The minimum atomic E-state index is 0.579. The van der Waals surface area contributed by atoms with Crippen LogP contribution in [0.5, 0.6) is 0 Å². The Bertz CT molecular complexity index is 3920. The predicted octanol–water partition coefficient (Wildman–Crippen LogP) is 15.0. The predicted molar refractivity (Wildman–Crippen MR) is 256 cm³/mol. The number of para-hydroxylation sites is 1. The zero-order valence-electron chi connectivity index (χ0n) is 33.3. The van der Waals surface area contributed by atoms with Gasteiger partial charge in [0.05, 0.1) is 16.7 Å². The second-order valence-corrected chi connectivity index (χ2v) is 16.0. The van der Waals surface area contributed by atoms with Crippen molar-refractivity contribution in [1.82, 2.24) is 19.5 Å². The van der Waals surface area contributed by atoms with Crippen molar-refractivity contribution in [2.45, 2.75) is 0 Å². The monoisotopic (exact) mass is 790 g/mol. The van der Waals surface area contributed by atoms with E-state index in [1.165, 1.54) is 26.9 Å². The topological polar surface area (TPSA) is 56.7 Å². The average Bonchev–Trinajstić information content (AvgIpc) is 3.87. The van der Waals surface area contributed by atoms with Crippen molar-refractivity contribution < 1.29 is 4.42 Å². The van der Waals surface area contributed by atoms with E-state index in [1.54, 1.807) is 0 Å². The van der Waals surface area contributed by atoms with Gasteiger partial charge in [-0.15, -0.1) is 0 Å². The van der Waals surface area contributed by atoms with Crippen molar-refractivity contribution in [3.63, 3.8) is 0 Å². The fourth-order valence-corrected chi connectivity index (χ4v) is 9.39. The molecule has 3 aromatic heterocycles. The van der Waals surface area contributed by atoms with Gasteiger partial charge in [0.15, 0.2) is 17.5 Å². The van der Waals surface area contributed by atoms with Crippen molar-refractivity contribution in [3.8, 4) is 51.0 Å². The Hall–Kier alpha value is -8.41. The molecule has 0 aliphatic heterocycles. The molecule has 0 N–H and O–H groups in total. The van der Waals surface area contributed by atoms with Gasteiger partial charge in [0, 0.05) is 49.7 Å². The second kappa shape index (κ2) is 13.6. The molecule has 0 atom stereocenters. The number of furan rings is 1. The van der Waals surface area contributed by atoms with Crippen LogP contribution in [0.3, 0.4) is 0 Å². The molecule has 10 aromatic carbocycles. The van der Waals surface area contributed by atoms with E-state index >= 15 is 0 Å². The first-order valence-electron chi connectivity index (χ1n) is 20.9. The summed E-state index contributed by atoms with van der Waals surface area (Å²) in [6.07, 6.45) is 0. The summed E-state index contributed by atoms with van der Waals surface area (Å²) in [6.45, 7) is 0. The standard InChI is InChI=1S/C57H34N4O/c1-2-12-35(13-3-1)37-22-25-38(26-23-37)55-58-56(42-27-24-36-14-4-5-15-39(36)30-42)60-57(59-55)43-28-29-47-52(33-43)62-53-34-51(44-18-8-9-20-46(44)54(47)53)61-49-21-11-10-19-45(49)48-31-40-16-6-7-17-41(40)32-50(48)61/h1-34H. The number of hydrogen-bond donors (Lipinski definition) is 0. The fourth-order valence-electron chi connectivity index (χ4n) is 9.39. The van der Waals surface area contributed by atoms with Crippen LogP contribution in [-0.4, -0.2) is 19.5 Å². The zero-order valence-corrected chi connectivity index (χ0v) is 33.3. The SMILES string of the molecule is c1ccc(-c2ccc(-c3nc(-c4ccc5ccccc5c4)nc(-c4ccc5c(c4)oc4cc(-n6c7ccccc7c7cc8ccccc8cc76)c6ccccc6c45)n3)cc2)cc1. The summed E-state index contributed by atoms with van der Waals surface area (Å²) in [5, 5.41) is 11.6. The molecule has 0 aliphatic carbocycles. The van der Waals surface area contributed by atoms with Gasteiger partial charge in [-0.3, -0.25) is 0 Å². The van der Waals surface area contributed by atoms with Crippen LogP contribution in [0.2, 0.25) is 0 Å². The van der Waals surface area contributed by atoms with Crippen LogP contribution in [0, 0.1) is 0 Å². The summed E-state index contributed by atoms with van der Waals surface area (Å²) in [6, 6.07) is 72.8. The van der Waals surface area contributed by atoms with Gasteiger partial charge < -0.3 is 8.98 Å². The van der Waals surface area contributed by atoms with Gasteiger partial charge in [-0.2, -0.15) is 0 Å². The number of nitrogens with zero attached hydrogens (tertiary/aromatic N) is 4. The minimum absolute atomic E-state index is 0.579. The molecule has 0 unspecified atom stereocenters. The highest BCUT2D eigenvalue weighted by Gasteiger charge is 2.21. The summed E-state index contributed by atoms with van der Waals surface area (Å²) in [5.74, 6) is 1.80. The van der Waals surface area contributed by atoms with Gasteiger partial charge in [-0.05, 0) is 74.5 Å². The Kier molecular flexibility index (Phi) is 7.54. The van der Waals surface area contributed by atoms with Gasteiger partial charge >= 0.3 is 0 Å². The number of rotatable bonds is 5. The van der Waals surface area contributed by atoms with Crippen LogP contribution in [0.15, 0.2) is 211 Å². The molecule has 0 fully saturated rings. The maximum Gasteiger partial charge on any atom is 0.164 e. The Morgan fingerprint density at radius 3 is 1.63 bits per heavy atom. The molecule has 5 nitrogen and oxygen atoms in total. The summed E-state index contributed by atoms with van der Waals surface area (Å²) >= 11 is 0. The molecule has 0 bridgehead atoms. The van der Waals surface area contributed by atoms with Crippen molar-refractivity contribution in [2.75, 3.05) is 0 Å². The van der Waals surface area contributed by atoms with E-state index in [9.17, 15) is 0 Å². The van der Waals surface area contributed by atoms with Crippen LogP contribution in [-0.2, 0) is 0 Å². The largest absolute Gasteiger partial charge is 0.456 e. The Balaban J connectivity index is 0.995. The third kappa shape index (κ3) is 5.45. The number of benzene rings is 10. The van der Waals surface area contributed by atoms with E-state index in [0.717, 1.165) is 82.6 Å². The molecular weight excluding hydrogens is 757 g/mol. The van der Waals surface area contributed by atoms with E-state index in [1.807, 2.05) is 6.07 Å². The zero-order chi connectivity index (χ0) is 40.7. The molecular formula is C57H34N4O. The first-order chi connectivity index (χ1) is 30.7. The highest BCUT2D eigenvalue weighted by atomic mass is 16.3. The Morgan fingerprint density at radius 2 is 0.855 bits per heavy atom. The Morgan fingerprint density at radius 1 is 0.306 bits per heavy atom. The van der Waals surface area contributed by atoms with Crippen molar-refractivity contribution in [1.29, 1.82) is 0 Å². The molecule has 288 valence electrons. The molecule has 0 spiro atoms. The molecule has 5 heteroatoms. The number of hydrogen-bond acceptors (Lipinski definition) is 4.